The molecule has 1 atom stereocenters. The molecule has 106 valence electrons. The second-order valence-electron chi connectivity index (χ2n) is 4.53. The van der Waals surface area contributed by atoms with Crippen molar-refractivity contribution in [3.05, 3.63) is 29.6 Å². The molecule has 0 aliphatic heterocycles. The molecule has 1 aromatic heterocycles. The summed E-state index contributed by atoms with van der Waals surface area (Å²) < 4.78 is 5.06. The number of nitrogens with one attached hydrogen (secondary N) is 1. The number of hydrazine groups is 1. The molecule has 0 saturated heterocycles. The summed E-state index contributed by atoms with van der Waals surface area (Å²) in [6.07, 6.45) is 0. The van der Waals surface area contributed by atoms with Gasteiger partial charge in [-0.3, -0.25) is 10.4 Å². The Bertz CT molecular complexity index is 421. The summed E-state index contributed by atoms with van der Waals surface area (Å²) in [4.78, 5) is 10.8. The third-order valence-corrected chi connectivity index (χ3v) is 2.59. The second-order valence-corrected chi connectivity index (χ2v) is 4.53. The molecule has 0 aliphatic carbocycles. The highest BCUT2D eigenvalue weighted by atomic mass is 16.5. The van der Waals surface area contributed by atoms with E-state index in [4.69, 9.17) is 10.6 Å². The van der Waals surface area contributed by atoms with E-state index in [1.807, 2.05) is 44.0 Å². The predicted octanol–water partition coefficient (Wildman–Crippen LogP) is 0.676. The molecular weight excluding hydrogens is 242 g/mol. The Morgan fingerprint density at radius 3 is 2.89 bits per heavy atom. The number of aromatic nitrogens is 1. The highest BCUT2D eigenvalue weighted by Crippen LogP contribution is 2.03. The summed E-state index contributed by atoms with van der Waals surface area (Å²) in [6, 6.07) is 5.99. The van der Waals surface area contributed by atoms with Crippen LogP contribution >= 0.6 is 0 Å². The van der Waals surface area contributed by atoms with Crippen LogP contribution in [-0.2, 0) is 11.3 Å². The molecule has 0 radical (unpaired) electrons. The fraction of sp³-hybridized carbons (Fsp3) is 0.538. The van der Waals surface area contributed by atoms with Crippen molar-refractivity contribution in [3.63, 3.8) is 0 Å². The Hall–Kier alpha value is -1.66. The van der Waals surface area contributed by atoms with E-state index in [-0.39, 0.29) is 6.04 Å². The molecule has 3 N–H and O–H groups in total. The van der Waals surface area contributed by atoms with E-state index >= 15 is 0 Å². The lowest BCUT2D eigenvalue weighted by atomic mass is 10.3. The summed E-state index contributed by atoms with van der Waals surface area (Å²) in [7, 11) is 3.57. The van der Waals surface area contributed by atoms with Crippen molar-refractivity contribution in [1.29, 1.82) is 0 Å². The average molecular weight is 265 g/mol. The minimum atomic E-state index is 0.0453. The van der Waals surface area contributed by atoms with E-state index < -0.39 is 0 Å². The van der Waals surface area contributed by atoms with Gasteiger partial charge in [0, 0.05) is 19.9 Å². The largest absolute Gasteiger partial charge is 0.382 e. The zero-order chi connectivity index (χ0) is 14.3. The Kier molecular flexibility index (Phi) is 6.24. The maximum Gasteiger partial charge on any atom is 0.208 e. The van der Waals surface area contributed by atoms with Gasteiger partial charge in [0.1, 0.15) is 0 Å². The number of methoxy groups -OCH3 is 1. The van der Waals surface area contributed by atoms with Gasteiger partial charge in [0.25, 0.3) is 0 Å². The molecule has 1 aromatic rings. The first kappa shape index (κ1) is 15.4. The normalized spacial score (nSPS) is 13.2. The van der Waals surface area contributed by atoms with Crippen LogP contribution in [0.5, 0.6) is 0 Å². The Balaban J connectivity index is 2.71. The number of rotatable bonds is 5. The molecule has 1 unspecified atom stereocenters. The maximum absolute atomic E-state index is 5.52. The zero-order valence-electron chi connectivity index (χ0n) is 12.1. The Morgan fingerprint density at radius 2 is 2.32 bits per heavy atom. The number of pyridine rings is 1. The van der Waals surface area contributed by atoms with E-state index in [9.17, 15) is 0 Å². The van der Waals surface area contributed by atoms with Crippen molar-refractivity contribution in [2.75, 3.05) is 20.8 Å². The topological polar surface area (TPSA) is 75.8 Å². The Morgan fingerprint density at radius 1 is 1.58 bits per heavy atom. The van der Waals surface area contributed by atoms with Gasteiger partial charge >= 0.3 is 0 Å². The molecule has 1 rings (SSSR count). The number of hydrogen-bond acceptors (Lipinski definition) is 4. The zero-order valence-corrected chi connectivity index (χ0v) is 12.1. The van der Waals surface area contributed by atoms with Crippen LogP contribution in [0.3, 0.4) is 0 Å². The maximum atomic E-state index is 5.52. The van der Waals surface area contributed by atoms with Gasteiger partial charge in [-0.05, 0) is 26.0 Å². The van der Waals surface area contributed by atoms with Gasteiger partial charge < -0.3 is 9.64 Å². The lowest BCUT2D eigenvalue weighted by Crippen LogP contribution is -2.43. The van der Waals surface area contributed by atoms with Gasteiger partial charge in [-0.25, -0.2) is 10.8 Å². The van der Waals surface area contributed by atoms with Crippen LogP contribution in [-0.4, -0.2) is 42.6 Å². The van der Waals surface area contributed by atoms with Crippen molar-refractivity contribution in [2.45, 2.75) is 26.4 Å². The molecule has 0 bridgehead atoms. The first-order valence-corrected chi connectivity index (χ1v) is 6.23. The van der Waals surface area contributed by atoms with Gasteiger partial charge in [0.15, 0.2) is 0 Å². The van der Waals surface area contributed by atoms with Crippen LogP contribution in [0.15, 0.2) is 23.2 Å². The lowest BCUT2D eigenvalue weighted by Gasteiger charge is -2.21. The molecule has 0 spiro atoms. The summed E-state index contributed by atoms with van der Waals surface area (Å²) in [5.74, 6) is 6.14. The molecule has 0 saturated carbocycles. The summed E-state index contributed by atoms with van der Waals surface area (Å²) >= 11 is 0. The van der Waals surface area contributed by atoms with Crippen molar-refractivity contribution >= 4 is 5.96 Å². The molecule has 0 aliphatic rings. The number of nitrogens with zero attached hydrogens (tertiary/aromatic N) is 3. The van der Waals surface area contributed by atoms with Crippen LogP contribution < -0.4 is 11.3 Å². The molecule has 19 heavy (non-hydrogen) atoms. The first-order valence-electron chi connectivity index (χ1n) is 6.23. The molecular formula is C13H23N5O. The molecule has 6 heteroatoms. The lowest BCUT2D eigenvalue weighted by molar-refractivity contribution is 0.185. The molecule has 0 aromatic carbocycles. The minimum absolute atomic E-state index is 0.0453. The van der Waals surface area contributed by atoms with Gasteiger partial charge in [-0.2, -0.15) is 0 Å². The summed E-state index contributed by atoms with van der Waals surface area (Å²) in [5, 5.41) is 0. The fourth-order valence-corrected chi connectivity index (χ4v) is 1.74. The van der Waals surface area contributed by atoms with Crippen LogP contribution in [0.1, 0.15) is 18.3 Å². The number of ether oxygens (including phenoxy) is 1. The summed E-state index contributed by atoms with van der Waals surface area (Å²) in [5.41, 5.74) is 4.59. The molecule has 6 nitrogen and oxygen atoms in total. The molecule has 0 fully saturated rings. The van der Waals surface area contributed by atoms with Crippen molar-refractivity contribution in [3.8, 4) is 0 Å². The third-order valence-electron chi connectivity index (χ3n) is 2.59. The van der Waals surface area contributed by atoms with Crippen molar-refractivity contribution < 1.29 is 4.74 Å². The monoisotopic (exact) mass is 265 g/mol. The van der Waals surface area contributed by atoms with Crippen LogP contribution in [0.4, 0.5) is 0 Å². The average Bonchev–Trinajstić information content (AvgIpc) is 2.36. The first-order chi connectivity index (χ1) is 9.06. The predicted molar refractivity (Wildman–Crippen MR) is 76.5 cm³/mol. The van der Waals surface area contributed by atoms with E-state index in [1.165, 1.54) is 0 Å². The van der Waals surface area contributed by atoms with Crippen LogP contribution in [0.2, 0.25) is 0 Å². The van der Waals surface area contributed by atoms with Crippen molar-refractivity contribution in [2.24, 2.45) is 10.8 Å². The number of aliphatic imine (C=N–C) groups is 1. The number of guanidine groups is 1. The molecule has 0 amide bonds. The van der Waals surface area contributed by atoms with Crippen molar-refractivity contribution in [1.82, 2.24) is 15.3 Å². The van der Waals surface area contributed by atoms with E-state index in [2.05, 4.69) is 15.4 Å². The second kappa shape index (κ2) is 7.70. The van der Waals surface area contributed by atoms with E-state index in [1.54, 1.807) is 7.11 Å². The SMILES string of the molecule is COCC(C)N=C(NN)N(C)Cc1cccc(C)n1. The number of hydrogen-bond donors (Lipinski definition) is 2. The van der Waals surface area contributed by atoms with Gasteiger partial charge in [-0.1, -0.05) is 6.07 Å². The quantitative estimate of drug-likeness (QED) is 0.354. The Labute approximate surface area is 114 Å². The highest BCUT2D eigenvalue weighted by Gasteiger charge is 2.09. The standard InChI is InChI=1S/C13H23N5O/c1-10-6-5-7-12(15-10)8-18(3)13(17-14)16-11(2)9-19-4/h5-7,11H,8-9,14H2,1-4H3,(H,16,17). The van der Waals surface area contributed by atoms with Crippen LogP contribution in [0, 0.1) is 6.92 Å². The van der Waals surface area contributed by atoms with E-state index in [0.29, 0.717) is 19.1 Å². The fourth-order valence-electron chi connectivity index (χ4n) is 1.74. The van der Waals surface area contributed by atoms with Gasteiger partial charge in [-0.15, -0.1) is 0 Å². The minimum Gasteiger partial charge on any atom is -0.382 e. The van der Waals surface area contributed by atoms with E-state index in [0.717, 1.165) is 11.4 Å². The summed E-state index contributed by atoms with van der Waals surface area (Å²) in [6.45, 7) is 5.14. The number of aryl methyl sites for hydroxylation is 1. The highest BCUT2D eigenvalue weighted by molar-refractivity contribution is 5.79. The van der Waals surface area contributed by atoms with Crippen LogP contribution in [0.25, 0.3) is 0 Å². The third kappa shape index (κ3) is 5.23. The number of nitrogens with two attached hydrogens (primary N) is 1. The molecule has 1 heterocycles. The van der Waals surface area contributed by atoms with Gasteiger partial charge in [0.2, 0.25) is 5.96 Å². The smallest absolute Gasteiger partial charge is 0.208 e. The van der Waals surface area contributed by atoms with Gasteiger partial charge in [0.05, 0.1) is 24.9 Å².